The molecule has 0 amide bonds. The first-order valence-corrected chi connectivity index (χ1v) is 9.97. The van der Waals surface area contributed by atoms with Crippen molar-refractivity contribution in [1.82, 2.24) is 3.97 Å². The van der Waals surface area contributed by atoms with E-state index < -0.39 is 14.8 Å². The standard InChI is InChI=1S/C20H23NO3S/c1-4-6-16-7-5-11-20(3,13-16)25(23,24)21-12-10-18-17(14-22)9-8-15(2)19(18)21/h5,7-10,12-14H,4,6,11H2,1-3H3. The van der Waals surface area contributed by atoms with Gasteiger partial charge in [0.25, 0.3) is 0 Å². The van der Waals surface area contributed by atoms with Gasteiger partial charge in [-0.3, -0.25) is 4.79 Å². The Bertz CT molecular complexity index is 995. The van der Waals surface area contributed by atoms with Crippen LogP contribution >= 0.6 is 0 Å². The van der Waals surface area contributed by atoms with Crippen molar-refractivity contribution >= 4 is 27.2 Å². The second-order valence-electron chi connectivity index (χ2n) is 6.86. The number of fused-ring (bicyclic) bond motifs is 1. The van der Waals surface area contributed by atoms with Crippen LogP contribution in [0, 0.1) is 6.92 Å². The van der Waals surface area contributed by atoms with Crippen LogP contribution in [0.2, 0.25) is 0 Å². The number of nitrogens with zero attached hydrogens (tertiary/aromatic N) is 1. The number of hydrogen-bond donors (Lipinski definition) is 0. The molecule has 1 unspecified atom stereocenters. The summed E-state index contributed by atoms with van der Waals surface area (Å²) in [6.07, 6.45) is 10.5. The normalized spacial score (nSPS) is 20.7. The molecule has 1 aromatic carbocycles. The number of carbonyl (C=O) groups excluding carboxylic acids is 1. The largest absolute Gasteiger partial charge is 0.298 e. The van der Waals surface area contributed by atoms with Crippen LogP contribution in [0.25, 0.3) is 10.9 Å². The molecule has 2 aromatic rings. The number of aromatic nitrogens is 1. The molecular formula is C20H23NO3S. The van der Waals surface area contributed by atoms with Crippen LogP contribution < -0.4 is 0 Å². The zero-order valence-corrected chi connectivity index (χ0v) is 15.6. The molecule has 3 rings (SSSR count). The molecule has 0 aliphatic heterocycles. The molecule has 5 heteroatoms. The van der Waals surface area contributed by atoms with Gasteiger partial charge >= 0.3 is 0 Å². The van der Waals surface area contributed by atoms with Gasteiger partial charge in [0, 0.05) is 17.1 Å². The Labute approximate surface area is 148 Å². The van der Waals surface area contributed by atoms with Gasteiger partial charge in [-0.1, -0.05) is 49.3 Å². The summed E-state index contributed by atoms with van der Waals surface area (Å²) >= 11 is 0. The van der Waals surface area contributed by atoms with Crippen molar-refractivity contribution < 1.29 is 13.2 Å². The van der Waals surface area contributed by atoms with E-state index in [1.807, 2.05) is 25.2 Å². The Morgan fingerprint density at radius 1 is 1.28 bits per heavy atom. The van der Waals surface area contributed by atoms with Crippen molar-refractivity contribution in [2.45, 2.75) is 44.8 Å². The summed E-state index contributed by atoms with van der Waals surface area (Å²) in [4.78, 5) is 11.3. The van der Waals surface area contributed by atoms with Gasteiger partial charge in [0.15, 0.2) is 6.29 Å². The predicted molar refractivity (Wildman–Crippen MR) is 102 cm³/mol. The first-order chi connectivity index (χ1) is 11.8. The fourth-order valence-electron chi connectivity index (χ4n) is 3.51. The third-order valence-corrected chi connectivity index (χ3v) is 7.19. The van der Waals surface area contributed by atoms with E-state index in [2.05, 4.69) is 6.92 Å². The summed E-state index contributed by atoms with van der Waals surface area (Å²) in [6, 6.07) is 5.23. The minimum Gasteiger partial charge on any atom is -0.298 e. The average Bonchev–Trinajstić information content (AvgIpc) is 3.02. The Hall–Kier alpha value is -2.14. The summed E-state index contributed by atoms with van der Waals surface area (Å²) in [5, 5.41) is 0.672. The minimum absolute atomic E-state index is 0.439. The van der Waals surface area contributed by atoms with E-state index in [0.29, 0.717) is 22.9 Å². The smallest absolute Gasteiger partial charge is 0.248 e. The van der Waals surface area contributed by atoms with Crippen molar-refractivity contribution in [3.8, 4) is 0 Å². The SMILES string of the molecule is CCCC1=CC(C)(S(=O)(=O)n2ccc3c(C=O)ccc(C)c32)CC=C1. The summed E-state index contributed by atoms with van der Waals surface area (Å²) in [6.45, 7) is 5.72. The van der Waals surface area contributed by atoms with Crippen LogP contribution in [-0.2, 0) is 10.0 Å². The highest BCUT2D eigenvalue weighted by Gasteiger charge is 2.39. The van der Waals surface area contributed by atoms with Crippen LogP contribution in [-0.4, -0.2) is 23.4 Å². The van der Waals surface area contributed by atoms with Crippen molar-refractivity contribution in [3.63, 3.8) is 0 Å². The number of aryl methyl sites for hydroxylation is 1. The van der Waals surface area contributed by atoms with Crippen LogP contribution in [0.1, 0.15) is 49.0 Å². The highest BCUT2D eigenvalue weighted by molar-refractivity contribution is 7.91. The van der Waals surface area contributed by atoms with E-state index in [1.165, 1.54) is 3.97 Å². The van der Waals surface area contributed by atoms with Gasteiger partial charge in [-0.25, -0.2) is 12.4 Å². The lowest BCUT2D eigenvalue weighted by molar-refractivity contribution is 0.112. The van der Waals surface area contributed by atoms with Gasteiger partial charge in [0.2, 0.25) is 10.0 Å². The molecule has 0 radical (unpaired) electrons. The third kappa shape index (κ3) is 2.76. The number of hydrogen-bond acceptors (Lipinski definition) is 3. The fraction of sp³-hybridized carbons (Fsp3) is 0.350. The maximum Gasteiger partial charge on any atom is 0.248 e. The van der Waals surface area contributed by atoms with Crippen molar-refractivity contribution in [2.24, 2.45) is 0 Å². The van der Waals surface area contributed by atoms with E-state index in [1.54, 1.807) is 31.3 Å². The maximum atomic E-state index is 13.5. The van der Waals surface area contributed by atoms with Crippen molar-refractivity contribution in [1.29, 1.82) is 0 Å². The zero-order chi connectivity index (χ0) is 18.2. The monoisotopic (exact) mass is 357 g/mol. The lowest BCUT2D eigenvalue weighted by atomic mass is 9.95. The molecule has 4 nitrogen and oxygen atoms in total. The summed E-state index contributed by atoms with van der Waals surface area (Å²) < 4.78 is 27.3. The fourth-order valence-corrected chi connectivity index (χ4v) is 5.27. The van der Waals surface area contributed by atoms with E-state index in [0.717, 1.165) is 30.3 Å². The lowest BCUT2D eigenvalue weighted by Gasteiger charge is -2.29. The second-order valence-corrected chi connectivity index (χ2v) is 9.13. The molecule has 0 bridgehead atoms. The van der Waals surface area contributed by atoms with Gasteiger partial charge in [-0.2, -0.15) is 0 Å². The van der Waals surface area contributed by atoms with Crippen LogP contribution in [0.15, 0.2) is 48.2 Å². The Morgan fingerprint density at radius 2 is 2.04 bits per heavy atom. The molecule has 1 atom stereocenters. The number of aldehydes is 1. The number of allylic oxidation sites excluding steroid dienone is 3. The summed E-state index contributed by atoms with van der Waals surface area (Å²) in [5.74, 6) is 0. The first kappa shape index (κ1) is 17.7. The number of benzene rings is 1. The minimum atomic E-state index is -3.67. The zero-order valence-electron chi connectivity index (χ0n) is 14.8. The van der Waals surface area contributed by atoms with Gasteiger partial charge in [-0.15, -0.1) is 0 Å². The molecule has 25 heavy (non-hydrogen) atoms. The molecule has 1 aliphatic carbocycles. The van der Waals surface area contributed by atoms with E-state index in [4.69, 9.17) is 0 Å². The molecule has 0 fully saturated rings. The van der Waals surface area contributed by atoms with Crippen LogP contribution in [0.4, 0.5) is 0 Å². The van der Waals surface area contributed by atoms with Gasteiger partial charge in [-0.05, 0) is 38.3 Å². The predicted octanol–water partition coefficient (Wildman–Crippen LogP) is 4.39. The van der Waals surface area contributed by atoms with Crippen LogP contribution in [0.3, 0.4) is 0 Å². The topological polar surface area (TPSA) is 56.1 Å². The number of carbonyl (C=O) groups is 1. The van der Waals surface area contributed by atoms with Gasteiger partial charge < -0.3 is 0 Å². The molecule has 0 saturated heterocycles. The summed E-state index contributed by atoms with van der Waals surface area (Å²) in [7, 11) is -3.67. The van der Waals surface area contributed by atoms with E-state index >= 15 is 0 Å². The van der Waals surface area contributed by atoms with Crippen molar-refractivity contribution in [3.05, 3.63) is 59.3 Å². The van der Waals surface area contributed by atoms with Gasteiger partial charge in [0.05, 0.1) is 5.52 Å². The van der Waals surface area contributed by atoms with E-state index in [-0.39, 0.29) is 0 Å². The Balaban J connectivity index is 2.21. The Kier molecular flexibility index (Phi) is 4.45. The maximum absolute atomic E-state index is 13.5. The first-order valence-electron chi connectivity index (χ1n) is 8.53. The molecule has 1 aromatic heterocycles. The van der Waals surface area contributed by atoms with Crippen LogP contribution in [0.5, 0.6) is 0 Å². The molecule has 0 spiro atoms. The Morgan fingerprint density at radius 3 is 2.72 bits per heavy atom. The summed E-state index contributed by atoms with van der Waals surface area (Å²) in [5.41, 5.74) is 2.99. The highest BCUT2D eigenvalue weighted by Crippen LogP contribution is 2.35. The molecule has 0 N–H and O–H groups in total. The molecule has 1 heterocycles. The second kappa shape index (κ2) is 6.30. The van der Waals surface area contributed by atoms with Crippen molar-refractivity contribution in [2.75, 3.05) is 0 Å². The molecular weight excluding hydrogens is 334 g/mol. The third-order valence-electron chi connectivity index (χ3n) is 4.91. The average molecular weight is 357 g/mol. The molecule has 0 saturated carbocycles. The lowest BCUT2D eigenvalue weighted by Crippen LogP contribution is -2.38. The molecule has 132 valence electrons. The highest BCUT2D eigenvalue weighted by atomic mass is 32.2. The quantitative estimate of drug-likeness (QED) is 0.746. The van der Waals surface area contributed by atoms with Gasteiger partial charge in [0.1, 0.15) is 4.75 Å². The number of rotatable bonds is 5. The van der Waals surface area contributed by atoms with E-state index in [9.17, 15) is 13.2 Å². The molecule has 1 aliphatic rings.